The fraction of sp³-hybridized carbons (Fsp3) is 0.941. The van der Waals surface area contributed by atoms with Gasteiger partial charge in [0.25, 0.3) is 0 Å². The molecule has 0 heterocycles. The van der Waals surface area contributed by atoms with Crippen LogP contribution in [0.15, 0.2) is 0 Å². The van der Waals surface area contributed by atoms with Crippen LogP contribution in [0.5, 0.6) is 0 Å². The van der Waals surface area contributed by atoms with Crippen molar-refractivity contribution >= 4 is 5.91 Å². The van der Waals surface area contributed by atoms with E-state index in [-0.39, 0.29) is 11.3 Å². The molecule has 1 fully saturated rings. The van der Waals surface area contributed by atoms with Gasteiger partial charge in [0, 0.05) is 13.0 Å². The molecule has 118 valence electrons. The Hall–Kier alpha value is -0.570. The van der Waals surface area contributed by atoms with Gasteiger partial charge in [0.2, 0.25) is 5.91 Å². The van der Waals surface area contributed by atoms with Gasteiger partial charge in [0.15, 0.2) is 0 Å². The molecule has 0 aromatic carbocycles. The van der Waals surface area contributed by atoms with Crippen LogP contribution in [-0.2, 0) is 4.79 Å². The zero-order valence-corrected chi connectivity index (χ0v) is 13.5. The van der Waals surface area contributed by atoms with Crippen LogP contribution in [0.4, 0.5) is 0 Å². The molecule has 1 unspecified atom stereocenters. The third-order valence-electron chi connectivity index (χ3n) is 5.01. The van der Waals surface area contributed by atoms with Gasteiger partial charge in [-0.25, -0.2) is 0 Å². The van der Waals surface area contributed by atoms with E-state index in [1.165, 1.54) is 38.5 Å². The second-order valence-electron chi connectivity index (χ2n) is 6.66. The highest BCUT2D eigenvalue weighted by Crippen LogP contribution is 2.38. The molecule has 0 aromatic rings. The lowest BCUT2D eigenvalue weighted by molar-refractivity contribution is -0.124. The predicted octanol–water partition coefficient (Wildman–Crippen LogP) is 3.62. The molecule has 1 amide bonds. The van der Waals surface area contributed by atoms with Gasteiger partial charge in [-0.3, -0.25) is 4.79 Å². The maximum absolute atomic E-state index is 12.2. The number of hydrogen-bond donors (Lipinski definition) is 2. The molecule has 0 bridgehead atoms. The first-order valence-electron chi connectivity index (χ1n) is 8.62. The average Bonchev–Trinajstić information content (AvgIpc) is 2.48. The van der Waals surface area contributed by atoms with Crippen LogP contribution in [0.25, 0.3) is 0 Å². The van der Waals surface area contributed by atoms with Crippen LogP contribution in [0.3, 0.4) is 0 Å². The minimum Gasteiger partial charge on any atom is -0.356 e. The van der Waals surface area contributed by atoms with Gasteiger partial charge in [-0.2, -0.15) is 0 Å². The molecule has 0 spiro atoms. The minimum atomic E-state index is 0.0907. The molecular formula is C17H34N2O. The number of rotatable bonds is 9. The van der Waals surface area contributed by atoms with E-state index in [9.17, 15) is 4.79 Å². The molecule has 3 N–H and O–H groups in total. The van der Waals surface area contributed by atoms with Gasteiger partial charge in [0.05, 0.1) is 0 Å². The van der Waals surface area contributed by atoms with Gasteiger partial charge in [-0.05, 0) is 37.1 Å². The minimum absolute atomic E-state index is 0.0907. The summed E-state index contributed by atoms with van der Waals surface area (Å²) < 4.78 is 0. The van der Waals surface area contributed by atoms with Crippen LogP contribution >= 0.6 is 0 Å². The molecule has 0 aromatic heterocycles. The Labute approximate surface area is 125 Å². The number of nitrogens with two attached hydrogens (primary N) is 1. The standard InChI is InChI=1S/C17H34N2O/c1-3-5-9-15(4-2)13-19-16(20)12-17(14-18)10-7-6-8-11-17/h15H,3-14,18H2,1-2H3,(H,19,20). The predicted molar refractivity (Wildman–Crippen MR) is 85.5 cm³/mol. The number of carbonyl (C=O) groups is 1. The molecule has 3 heteroatoms. The van der Waals surface area contributed by atoms with E-state index in [1.54, 1.807) is 0 Å². The number of amides is 1. The molecular weight excluding hydrogens is 248 g/mol. The van der Waals surface area contributed by atoms with Crippen molar-refractivity contribution in [1.82, 2.24) is 5.32 Å². The van der Waals surface area contributed by atoms with Gasteiger partial charge in [0.1, 0.15) is 0 Å². The molecule has 1 atom stereocenters. The largest absolute Gasteiger partial charge is 0.356 e. The van der Waals surface area contributed by atoms with Crippen LogP contribution in [-0.4, -0.2) is 19.0 Å². The second kappa shape index (κ2) is 9.38. The Kier molecular flexibility index (Phi) is 8.20. The molecule has 0 radical (unpaired) electrons. The van der Waals surface area contributed by atoms with Crippen molar-refractivity contribution in [2.45, 2.75) is 78.1 Å². The van der Waals surface area contributed by atoms with Crippen LogP contribution < -0.4 is 11.1 Å². The molecule has 0 saturated heterocycles. The zero-order valence-electron chi connectivity index (χ0n) is 13.5. The van der Waals surface area contributed by atoms with E-state index in [0.717, 1.165) is 25.8 Å². The number of hydrogen-bond acceptors (Lipinski definition) is 2. The Bertz CT molecular complexity index is 272. The van der Waals surface area contributed by atoms with Crippen LogP contribution in [0, 0.1) is 11.3 Å². The molecule has 1 aliphatic carbocycles. The highest BCUT2D eigenvalue weighted by molar-refractivity contribution is 5.76. The van der Waals surface area contributed by atoms with Gasteiger partial charge >= 0.3 is 0 Å². The smallest absolute Gasteiger partial charge is 0.220 e. The normalized spacial score (nSPS) is 19.6. The fourth-order valence-electron chi connectivity index (χ4n) is 3.36. The maximum atomic E-state index is 12.2. The van der Waals surface area contributed by atoms with Gasteiger partial charge in [-0.15, -0.1) is 0 Å². The van der Waals surface area contributed by atoms with E-state index in [2.05, 4.69) is 19.2 Å². The van der Waals surface area contributed by atoms with Crippen LogP contribution in [0.1, 0.15) is 78.1 Å². The van der Waals surface area contributed by atoms with E-state index in [0.29, 0.717) is 18.9 Å². The third-order valence-corrected chi connectivity index (χ3v) is 5.01. The lowest BCUT2D eigenvalue weighted by Crippen LogP contribution is -2.39. The van der Waals surface area contributed by atoms with Gasteiger partial charge < -0.3 is 11.1 Å². The number of carbonyl (C=O) groups excluding carboxylic acids is 1. The molecule has 1 aliphatic rings. The monoisotopic (exact) mass is 282 g/mol. The van der Waals surface area contributed by atoms with Crippen molar-refractivity contribution in [2.75, 3.05) is 13.1 Å². The Balaban J connectivity index is 2.34. The Morgan fingerprint density at radius 2 is 1.95 bits per heavy atom. The number of nitrogens with one attached hydrogen (secondary N) is 1. The van der Waals surface area contributed by atoms with Crippen molar-refractivity contribution < 1.29 is 4.79 Å². The first-order valence-corrected chi connectivity index (χ1v) is 8.62. The molecule has 0 aliphatic heterocycles. The van der Waals surface area contributed by atoms with Crippen molar-refractivity contribution in [3.63, 3.8) is 0 Å². The van der Waals surface area contributed by atoms with E-state index >= 15 is 0 Å². The SMILES string of the molecule is CCCCC(CC)CNC(=O)CC1(CN)CCCCC1. The number of unbranched alkanes of at least 4 members (excludes halogenated alkanes) is 1. The summed E-state index contributed by atoms with van der Waals surface area (Å²) in [6, 6.07) is 0. The first-order chi connectivity index (χ1) is 9.65. The molecule has 20 heavy (non-hydrogen) atoms. The highest BCUT2D eigenvalue weighted by Gasteiger charge is 2.32. The van der Waals surface area contributed by atoms with Gasteiger partial charge in [-0.1, -0.05) is 52.4 Å². The molecule has 3 nitrogen and oxygen atoms in total. The summed E-state index contributed by atoms with van der Waals surface area (Å²) in [7, 11) is 0. The van der Waals surface area contributed by atoms with Crippen molar-refractivity contribution in [1.29, 1.82) is 0 Å². The average molecular weight is 282 g/mol. The van der Waals surface area contributed by atoms with E-state index < -0.39 is 0 Å². The fourth-order valence-corrected chi connectivity index (χ4v) is 3.36. The highest BCUT2D eigenvalue weighted by atomic mass is 16.1. The quantitative estimate of drug-likeness (QED) is 0.678. The lowest BCUT2D eigenvalue weighted by Gasteiger charge is -2.35. The zero-order chi connectivity index (χ0) is 14.8. The van der Waals surface area contributed by atoms with Crippen molar-refractivity contribution in [2.24, 2.45) is 17.1 Å². The van der Waals surface area contributed by atoms with E-state index in [1.807, 2.05) is 0 Å². The van der Waals surface area contributed by atoms with Crippen LogP contribution in [0.2, 0.25) is 0 Å². The topological polar surface area (TPSA) is 55.1 Å². The second-order valence-corrected chi connectivity index (χ2v) is 6.66. The third kappa shape index (κ3) is 5.82. The summed E-state index contributed by atoms with van der Waals surface area (Å²) in [6.45, 7) is 5.94. The summed E-state index contributed by atoms with van der Waals surface area (Å²) in [5.41, 5.74) is 6.05. The van der Waals surface area contributed by atoms with E-state index in [4.69, 9.17) is 5.73 Å². The first kappa shape index (κ1) is 17.5. The molecule has 1 saturated carbocycles. The summed E-state index contributed by atoms with van der Waals surface area (Å²) in [6.07, 6.45) is 11.6. The Morgan fingerprint density at radius 3 is 2.50 bits per heavy atom. The maximum Gasteiger partial charge on any atom is 0.220 e. The lowest BCUT2D eigenvalue weighted by atomic mass is 9.71. The summed E-state index contributed by atoms with van der Waals surface area (Å²) in [5.74, 6) is 0.853. The summed E-state index contributed by atoms with van der Waals surface area (Å²) in [4.78, 5) is 12.2. The summed E-state index contributed by atoms with van der Waals surface area (Å²) in [5, 5.41) is 3.15. The molecule has 1 rings (SSSR count). The van der Waals surface area contributed by atoms with Crippen molar-refractivity contribution in [3.8, 4) is 0 Å². The Morgan fingerprint density at radius 1 is 1.25 bits per heavy atom. The summed E-state index contributed by atoms with van der Waals surface area (Å²) >= 11 is 0. The van der Waals surface area contributed by atoms with Crippen molar-refractivity contribution in [3.05, 3.63) is 0 Å².